The normalized spacial score (nSPS) is 14.9. The van der Waals surface area contributed by atoms with Gasteiger partial charge in [-0.2, -0.15) is 0 Å². The van der Waals surface area contributed by atoms with Gasteiger partial charge >= 0.3 is 5.97 Å². The fourth-order valence-corrected chi connectivity index (χ4v) is 4.15. The Morgan fingerprint density at radius 1 is 0.731 bits per heavy atom. The molecule has 0 aromatic carbocycles. The largest absolute Gasteiger partial charge is 0.480 e. The molecule has 0 unspecified atom stereocenters. The number of aromatic nitrogens is 2. The fourth-order valence-electron chi connectivity index (χ4n) is 4.15. The van der Waals surface area contributed by atoms with Crippen LogP contribution >= 0.6 is 0 Å². The summed E-state index contributed by atoms with van der Waals surface area (Å²) in [5, 5.41) is 51.4. The lowest BCUT2D eigenvalue weighted by molar-refractivity contribution is -0.142. The number of aliphatic hydroxyl groups is 3. The highest BCUT2D eigenvalue weighted by Gasteiger charge is 2.33. The van der Waals surface area contributed by atoms with Crippen LogP contribution < -0.4 is 49.1 Å². The van der Waals surface area contributed by atoms with Gasteiger partial charge in [-0.1, -0.05) is 0 Å². The predicted molar refractivity (Wildman–Crippen MR) is 173 cm³/mol. The number of carboxylic acids is 1. The van der Waals surface area contributed by atoms with E-state index in [4.69, 9.17) is 17.2 Å². The average Bonchev–Trinajstić information content (AvgIpc) is 3.60. The number of carbonyl (C=O) groups excluding carboxylic acids is 8. The molecule has 52 heavy (non-hydrogen) atoms. The van der Waals surface area contributed by atoms with Crippen LogP contribution in [0.1, 0.15) is 38.3 Å². The monoisotopic (exact) mass is 743 g/mol. The van der Waals surface area contributed by atoms with Gasteiger partial charge in [0.05, 0.1) is 32.2 Å². The van der Waals surface area contributed by atoms with Crippen molar-refractivity contribution in [1.82, 2.24) is 41.9 Å². The maximum absolute atomic E-state index is 13.4. The first kappa shape index (κ1) is 44.3. The molecule has 8 amide bonds. The molecule has 1 heterocycles. The topological polar surface area (TPSA) is 413 Å². The van der Waals surface area contributed by atoms with Crippen molar-refractivity contribution in [2.24, 2.45) is 17.2 Å². The van der Waals surface area contributed by atoms with Crippen LogP contribution in [0.2, 0.25) is 0 Å². The highest BCUT2D eigenvalue weighted by Crippen LogP contribution is 2.06. The molecule has 7 atom stereocenters. The van der Waals surface area contributed by atoms with Crippen molar-refractivity contribution in [2.45, 2.75) is 81.4 Å². The lowest BCUT2D eigenvalue weighted by Gasteiger charge is -2.26. The van der Waals surface area contributed by atoms with Gasteiger partial charge < -0.3 is 74.5 Å². The smallest absolute Gasteiger partial charge is 0.326 e. The van der Waals surface area contributed by atoms with E-state index < -0.39 is 128 Å². The van der Waals surface area contributed by atoms with Gasteiger partial charge in [-0.05, 0) is 19.8 Å². The van der Waals surface area contributed by atoms with Crippen molar-refractivity contribution < 1.29 is 63.6 Å². The molecule has 1 aromatic rings. The van der Waals surface area contributed by atoms with E-state index in [1.165, 1.54) is 19.4 Å². The van der Waals surface area contributed by atoms with E-state index in [0.29, 0.717) is 5.69 Å². The first-order chi connectivity index (χ1) is 24.4. The quantitative estimate of drug-likeness (QED) is 0.0467. The summed E-state index contributed by atoms with van der Waals surface area (Å²) < 4.78 is 0. The number of hydrogen-bond donors (Lipinski definition) is 14. The van der Waals surface area contributed by atoms with Gasteiger partial charge in [0.15, 0.2) is 0 Å². The summed E-state index contributed by atoms with van der Waals surface area (Å²) in [4.78, 5) is 117. The van der Waals surface area contributed by atoms with E-state index in [-0.39, 0.29) is 19.3 Å². The second-order valence-electron chi connectivity index (χ2n) is 11.3. The van der Waals surface area contributed by atoms with Crippen LogP contribution in [0.15, 0.2) is 12.5 Å². The molecular weight excluding hydrogens is 698 g/mol. The number of H-pyrrole nitrogens is 1. The number of aliphatic carboxylic acids is 1. The Hall–Kier alpha value is -5.72. The molecule has 1 rings (SSSR count). The molecule has 17 N–H and O–H groups in total. The Morgan fingerprint density at radius 2 is 1.19 bits per heavy atom. The molecule has 0 fully saturated rings. The minimum atomic E-state index is -1.81. The van der Waals surface area contributed by atoms with E-state index in [9.17, 15) is 63.6 Å². The second kappa shape index (κ2) is 22.2. The van der Waals surface area contributed by atoms with Crippen LogP contribution in [0.25, 0.3) is 0 Å². The van der Waals surface area contributed by atoms with Crippen molar-refractivity contribution in [3.63, 3.8) is 0 Å². The molecule has 1 aromatic heterocycles. The number of nitrogens with zero attached hydrogens (tertiary/aromatic N) is 1. The van der Waals surface area contributed by atoms with E-state index in [2.05, 4.69) is 41.9 Å². The van der Waals surface area contributed by atoms with E-state index in [0.717, 1.165) is 0 Å². The van der Waals surface area contributed by atoms with Crippen molar-refractivity contribution in [3.05, 3.63) is 18.2 Å². The first-order valence-corrected chi connectivity index (χ1v) is 15.6. The summed E-state index contributed by atoms with van der Waals surface area (Å²) >= 11 is 0. The number of amides is 8. The predicted octanol–water partition coefficient (Wildman–Crippen LogP) is -8.20. The lowest BCUT2D eigenvalue weighted by atomic mass is 10.1. The van der Waals surface area contributed by atoms with Crippen molar-refractivity contribution in [3.8, 4) is 0 Å². The van der Waals surface area contributed by atoms with Crippen LogP contribution in [0.3, 0.4) is 0 Å². The molecule has 0 aliphatic carbocycles. The van der Waals surface area contributed by atoms with Crippen molar-refractivity contribution >= 4 is 53.2 Å². The molecule has 0 spiro atoms. The van der Waals surface area contributed by atoms with Crippen LogP contribution in [-0.4, -0.2) is 146 Å². The lowest BCUT2D eigenvalue weighted by Crippen LogP contribution is -2.60. The number of hydrogen-bond acceptors (Lipinski definition) is 14. The molecule has 0 saturated heterocycles. The zero-order chi connectivity index (χ0) is 39.5. The number of nitrogens with one attached hydrogen (secondary N) is 7. The Balaban J connectivity index is 3.10. The number of aromatic amines is 1. The van der Waals surface area contributed by atoms with Crippen molar-refractivity contribution in [1.29, 1.82) is 0 Å². The van der Waals surface area contributed by atoms with Gasteiger partial charge in [0, 0.05) is 31.2 Å². The molecule has 0 bridgehead atoms. The second-order valence-corrected chi connectivity index (χ2v) is 11.3. The molecule has 0 aliphatic rings. The molecule has 0 saturated carbocycles. The minimum Gasteiger partial charge on any atom is -0.480 e. The Bertz CT molecular complexity index is 1420. The Kier molecular flexibility index (Phi) is 18.9. The van der Waals surface area contributed by atoms with E-state index in [1.807, 2.05) is 0 Å². The van der Waals surface area contributed by atoms with Crippen LogP contribution in [0.4, 0.5) is 0 Å². The van der Waals surface area contributed by atoms with Crippen LogP contribution in [-0.2, 0) is 49.6 Å². The number of aliphatic hydroxyl groups excluding tert-OH is 3. The number of rotatable bonds is 24. The number of carboxylic acid groups (broad SMARTS) is 1. The standard InChI is InChI=1S/C28H45N11O13/c1-12(42)22(31)27(50)33-8-21(45)35-17(9-40)25(48)39-18(10-41)26(49)36-14(2-4-19(29)43)23(46)38-16(6-13-7-32-11-34-13)24(47)37-15(28(51)52)3-5-20(30)44/h7,11-12,14-18,22,40-42H,2-6,8-10,31H2,1H3,(H2,29,43)(H2,30,44)(H,32,34)(H,33,50)(H,35,45)(H,36,49)(H,37,47)(H,38,46)(H,39,48)(H,51,52)/t12-,14+,15+,16+,17+,18+,22+/m1/s1. The van der Waals surface area contributed by atoms with Gasteiger partial charge in [-0.3, -0.25) is 38.4 Å². The summed E-state index contributed by atoms with van der Waals surface area (Å²) in [5.74, 6) is -9.59. The zero-order valence-electron chi connectivity index (χ0n) is 28.0. The SMILES string of the molecule is C[C@@H](O)[C@H](N)C(=O)NCC(=O)N[C@@H](CO)C(=O)N[C@@H](CO)C(=O)N[C@@H](CCC(N)=O)C(=O)N[C@@H](Cc1cnc[nH]1)C(=O)N[C@@H](CCC(N)=O)C(=O)O. The fraction of sp³-hybridized carbons (Fsp3) is 0.571. The number of nitrogens with two attached hydrogens (primary N) is 3. The van der Waals surface area contributed by atoms with Crippen LogP contribution in [0, 0.1) is 0 Å². The van der Waals surface area contributed by atoms with Crippen molar-refractivity contribution in [2.75, 3.05) is 19.8 Å². The third-order valence-electron chi connectivity index (χ3n) is 7.11. The summed E-state index contributed by atoms with van der Waals surface area (Å²) in [5.41, 5.74) is 16.0. The van der Waals surface area contributed by atoms with Crippen LogP contribution in [0.5, 0.6) is 0 Å². The molecule has 0 radical (unpaired) electrons. The average molecular weight is 744 g/mol. The molecule has 24 heteroatoms. The minimum absolute atomic E-state index is 0.281. The summed E-state index contributed by atoms with van der Waals surface area (Å²) in [6.45, 7) is -1.56. The van der Waals surface area contributed by atoms with Gasteiger partial charge in [-0.25, -0.2) is 9.78 Å². The number of carbonyl (C=O) groups is 9. The van der Waals surface area contributed by atoms with E-state index >= 15 is 0 Å². The molecular formula is C28H45N11O13. The van der Waals surface area contributed by atoms with Gasteiger partial charge in [0.1, 0.15) is 36.3 Å². The summed E-state index contributed by atoms with van der Waals surface area (Å²) in [6.07, 6.45) is -0.631. The summed E-state index contributed by atoms with van der Waals surface area (Å²) in [7, 11) is 0. The maximum Gasteiger partial charge on any atom is 0.326 e. The third-order valence-corrected chi connectivity index (χ3v) is 7.11. The molecule has 290 valence electrons. The molecule has 0 aliphatic heterocycles. The highest BCUT2D eigenvalue weighted by atomic mass is 16.4. The number of imidazole rings is 1. The molecule has 24 nitrogen and oxygen atoms in total. The first-order valence-electron chi connectivity index (χ1n) is 15.6. The van der Waals surface area contributed by atoms with Gasteiger partial charge in [0.2, 0.25) is 47.3 Å². The van der Waals surface area contributed by atoms with E-state index in [1.54, 1.807) is 0 Å². The Morgan fingerprint density at radius 3 is 1.67 bits per heavy atom. The van der Waals surface area contributed by atoms with Gasteiger partial charge in [0.25, 0.3) is 0 Å². The number of primary amides is 2. The summed E-state index contributed by atoms with van der Waals surface area (Å²) in [6, 6.07) is -9.61. The Labute approximate surface area is 295 Å². The highest BCUT2D eigenvalue weighted by molar-refractivity contribution is 5.97. The maximum atomic E-state index is 13.4. The third kappa shape index (κ3) is 15.9. The zero-order valence-corrected chi connectivity index (χ0v) is 28.0. The van der Waals surface area contributed by atoms with Gasteiger partial charge in [-0.15, -0.1) is 0 Å².